The van der Waals surface area contributed by atoms with Crippen LogP contribution in [-0.4, -0.2) is 31.6 Å². The van der Waals surface area contributed by atoms with Gasteiger partial charge in [-0.1, -0.05) is 51.1 Å². The second-order valence-electron chi connectivity index (χ2n) is 5.30. The SMILES string of the molecule is COC(OC)(C(=O)c1ccccc1)C(=O)C(C)(C)C. The minimum absolute atomic E-state index is 0.379. The van der Waals surface area contributed by atoms with Gasteiger partial charge in [-0.2, -0.15) is 0 Å². The molecule has 0 amide bonds. The Labute approximate surface area is 113 Å². The third kappa shape index (κ3) is 2.91. The number of hydrogen-bond donors (Lipinski definition) is 0. The van der Waals surface area contributed by atoms with Crippen LogP contribution in [0.5, 0.6) is 0 Å². The largest absolute Gasteiger partial charge is 0.341 e. The maximum Gasteiger partial charge on any atom is 0.295 e. The van der Waals surface area contributed by atoms with Crippen molar-refractivity contribution < 1.29 is 19.1 Å². The molecule has 0 spiro atoms. The lowest BCUT2D eigenvalue weighted by Gasteiger charge is -2.33. The summed E-state index contributed by atoms with van der Waals surface area (Å²) in [5, 5.41) is 0. The second-order valence-corrected chi connectivity index (χ2v) is 5.30. The van der Waals surface area contributed by atoms with E-state index in [9.17, 15) is 9.59 Å². The molecule has 1 aromatic carbocycles. The third-order valence-corrected chi connectivity index (χ3v) is 2.89. The maximum absolute atomic E-state index is 12.5. The van der Waals surface area contributed by atoms with Gasteiger partial charge in [0.05, 0.1) is 0 Å². The van der Waals surface area contributed by atoms with Gasteiger partial charge in [0.25, 0.3) is 5.79 Å². The number of methoxy groups -OCH3 is 2. The fourth-order valence-corrected chi connectivity index (χ4v) is 1.83. The monoisotopic (exact) mass is 264 g/mol. The molecule has 0 aromatic heterocycles. The summed E-state index contributed by atoms with van der Waals surface area (Å²) in [7, 11) is 2.60. The van der Waals surface area contributed by atoms with Gasteiger partial charge in [0.1, 0.15) is 0 Å². The van der Waals surface area contributed by atoms with Gasteiger partial charge >= 0.3 is 0 Å². The summed E-state index contributed by atoms with van der Waals surface area (Å²) in [5.41, 5.74) is -0.375. The van der Waals surface area contributed by atoms with Crippen LogP contribution in [0.2, 0.25) is 0 Å². The van der Waals surface area contributed by atoms with Crippen molar-refractivity contribution in [1.29, 1.82) is 0 Å². The van der Waals surface area contributed by atoms with E-state index in [-0.39, 0.29) is 0 Å². The Morgan fingerprint density at radius 3 is 1.79 bits per heavy atom. The van der Waals surface area contributed by atoms with Crippen molar-refractivity contribution >= 4 is 11.6 Å². The van der Waals surface area contributed by atoms with E-state index in [4.69, 9.17) is 9.47 Å². The van der Waals surface area contributed by atoms with Crippen LogP contribution < -0.4 is 0 Å². The van der Waals surface area contributed by atoms with Gasteiger partial charge in [-0.3, -0.25) is 9.59 Å². The second kappa shape index (κ2) is 5.63. The third-order valence-electron chi connectivity index (χ3n) is 2.89. The molecule has 1 rings (SSSR count). The lowest BCUT2D eigenvalue weighted by Crippen LogP contribution is -2.54. The first-order valence-corrected chi connectivity index (χ1v) is 6.04. The average Bonchev–Trinajstić information content (AvgIpc) is 2.40. The van der Waals surface area contributed by atoms with E-state index in [1.807, 2.05) is 0 Å². The van der Waals surface area contributed by atoms with E-state index in [1.165, 1.54) is 14.2 Å². The quantitative estimate of drug-likeness (QED) is 0.466. The number of carbonyl (C=O) groups excluding carboxylic acids is 2. The average molecular weight is 264 g/mol. The summed E-state index contributed by atoms with van der Waals surface area (Å²) in [6, 6.07) is 8.51. The van der Waals surface area contributed by atoms with E-state index < -0.39 is 22.8 Å². The van der Waals surface area contributed by atoms with Gasteiger partial charge in [0, 0.05) is 25.2 Å². The normalized spacial score (nSPS) is 12.3. The van der Waals surface area contributed by atoms with Gasteiger partial charge in [-0.15, -0.1) is 0 Å². The standard InChI is InChI=1S/C15H20O4/c1-14(2,3)13(17)15(18-4,19-5)12(16)11-9-7-6-8-10-11/h6-10H,1-5H3. The summed E-state index contributed by atoms with van der Waals surface area (Å²) < 4.78 is 10.3. The highest BCUT2D eigenvalue weighted by molar-refractivity contribution is 6.17. The molecule has 0 heterocycles. The van der Waals surface area contributed by atoms with Crippen molar-refractivity contribution in [3.8, 4) is 0 Å². The van der Waals surface area contributed by atoms with Crippen LogP contribution in [-0.2, 0) is 14.3 Å². The predicted molar refractivity (Wildman–Crippen MR) is 72.0 cm³/mol. The first-order chi connectivity index (χ1) is 8.79. The number of hydrogen-bond acceptors (Lipinski definition) is 4. The number of ketones is 2. The summed E-state index contributed by atoms with van der Waals surface area (Å²) in [6.45, 7) is 5.17. The van der Waals surface area contributed by atoms with Crippen LogP contribution >= 0.6 is 0 Å². The van der Waals surface area contributed by atoms with Crippen molar-refractivity contribution in [2.45, 2.75) is 26.6 Å². The molecule has 0 bridgehead atoms. The Morgan fingerprint density at radius 2 is 1.42 bits per heavy atom. The van der Waals surface area contributed by atoms with E-state index >= 15 is 0 Å². The van der Waals surface area contributed by atoms with Crippen molar-refractivity contribution in [2.75, 3.05) is 14.2 Å². The van der Waals surface area contributed by atoms with Crippen LogP contribution in [0.4, 0.5) is 0 Å². The molecule has 0 saturated carbocycles. The lowest BCUT2D eigenvalue weighted by atomic mass is 9.82. The van der Waals surface area contributed by atoms with E-state index in [1.54, 1.807) is 51.1 Å². The zero-order chi connectivity index (χ0) is 14.7. The molecule has 0 saturated heterocycles. The molecule has 104 valence electrons. The molecule has 0 atom stereocenters. The Balaban J connectivity index is 3.28. The van der Waals surface area contributed by atoms with Crippen molar-refractivity contribution in [3.05, 3.63) is 35.9 Å². The Bertz CT molecular complexity index is 453. The summed E-state index contributed by atoms with van der Waals surface area (Å²) in [6.07, 6.45) is 0. The molecule has 19 heavy (non-hydrogen) atoms. The number of ether oxygens (including phenoxy) is 2. The minimum atomic E-state index is -1.89. The summed E-state index contributed by atoms with van der Waals surface area (Å²) in [5.74, 6) is -2.78. The smallest absolute Gasteiger partial charge is 0.295 e. The Hall–Kier alpha value is -1.52. The Kier molecular flexibility index (Phi) is 4.61. The zero-order valence-electron chi connectivity index (χ0n) is 12.0. The van der Waals surface area contributed by atoms with Crippen LogP contribution in [0.1, 0.15) is 31.1 Å². The Morgan fingerprint density at radius 1 is 0.947 bits per heavy atom. The molecule has 0 radical (unpaired) electrons. The molecule has 0 unspecified atom stereocenters. The van der Waals surface area contributed by atoms with Crippen LogP contribution in [0, 0.1) is 5.41 Å². The molecule has 0 aliphatic carbocycles. The number of rotatable bonds is 5. The number of benzene rings is 1. The van der Waals surface area contributed by atoms with E-state index in [2.05, 4.69) is 0 Å². The van der Waals surface area contributed by atoms with E-state index in [0.717, 1.165) is 0 Å². The van der Waals surface area contributed by atoms with Crippen molar-refractivity contribution in [1.82, 2.24) is 0 Å². The lowest BCUT2D eigenvalue weighted by molar-refractivity contribution is -0.191. The zero-order valence-corrected chi connectivity index (χ0v) is 12.0. The fraction of sp³-hybridized carbons (Fsp3) is 0.467. The fourth-order valence-electron chi connectivity index (χ4n) is 1.83. The molecule has 0 N–H and O–H groups in total. The van der Waals surface area contributed by atoms with Crippen LogP contribution in [0.15, 0.2) is 30.3 Å². The van der Waals surface area contributed by atoms with Gasteiger partial charge in [-0.25, -0.2) is 0 Å². The molecule has 1 aromatic rings. The topological polar surface area (TPSA) is 52.6 Å². The van der Waals surface area contributed by atoms with E-state index in [0.29, 0.717) is 5.56 Å². The van der Waals surface area contributed by atoms with Crippen LogP contribution in [0.25, 0.3) is 0 Å². The summed E-state index contributed by atoms with van der Waals surface area (Å²) >= 11 is 0. The van der Waals surface area contributed by atoms with Gasteiger partial charge in [0.15, 0.2) is 0 Å². The molecule has 0 fully saturated rings. The van der Waals surface area contributed by atoms with Crippen LogP contribution in [0.3, 0.4) is 0 Å². The minimum Gasteiger partial charge on any atom is -0.341 e. The molecular weight excluding hydrogens is 244 g/mol. The maximum atomic E-state index is 12.5. The van der Waals surface area contributed by atoms with Gasteiger partial charge in [-0.05, 0) is 0 Å². The summed E-state index contributed by atoms with van der Waals surface area (Å²) in [4.78, 5) is 25.0. The highest BCUT2D eigenvalue weighted by Crippen LogP contribution is 2.29. The number of carbonyl (C=O) groups is 2. The van der Waals surface area contributed by atoms with Gasteiger partial charge < -0.3 is 9.47 Å². The molecule has 4 nitrogen and oxygen atoms in total. The number of Topliss-reactive ketones (excluding diaryl/α,β-unsaturated/α-hetero) is 2. The first kappa shape index (κ1) is 15.5. The van der Waals surface area contributed by atoms with Gasteiger partial charge in [0.2, 0.25) is 11.6 Å². The molecule has 4 heteroatoms. The highest BCUT2D eigenvalue weighted by Gasteiger charge is 2.51. The molecular formula is C15H20O4. The molecule has 0 aliphatic heterocycles. The molecule has 0 aliphatic rings. The van der Waals surface area contributed by atoms with Crippen molar-refractivity contribution in [2.24, 2.45) is 5.41 Å². The van der Waals surface area contributed by atoms with Crippen molar-refractivity contribution in [3.63, 3.8) is 0 Å². The highest BCUT2D eigenvalue weighted by atomic mass is 16.7. The predicted octanol–water partition coefficient (Wildman–Crippen LogP) is 2.47. The first-order valence-electron chi connectivity index (χ1n) is 6.04.